The van der Waals surface area contributed by atoms with Gasteiger partial charge in [0.15, 0.2) is 0 Å². The number of carbonyl (C=O) groups excluding carboxylic acids is 1. The minimum absolute atomic E-state index is 0.0713. The van der Waals surface area contributed by atoms with Crippen LogP contribution >= 0.6 is 0 Å². The second-order valence-corrected chi connectivity index (χ2v) is 7.15. The molecule has 1 aliphatic rings. The summed E-state index contributed by atoms with van der Waals surface area (Å²) in [5.41, 5.74) is 6.16. The van der Waals surface area contributed by atoms with Crippen LogP contribution in [0.25, 0.3) is 0 Å². The first-order valence-electron chi connectivity index (χ1n) is 9.05. The van der Waals surface area contributed by atoms with Crippen LogP contribution in [0.4, 0.5) is 4.79 Å². The molecule has 2 amide bonds. The van der Waals surface area contributed by atoms with Crippen LogP contribution < -0.4 is 10.6 Å². The third kappa shape index (κ3) is 4.38. The molecule has 4 heteroatoms. The molecule has 25 heavy (non-hydrogen) atoms. The summed E-state index contributed by atoms with van der Waals surface area (Å²) in [5, 5.41) is 6.02. The molecular formula is C21H27N3O. The van der Waals surface area contributed by atoms with E-state index in [4.69, 9.17) is 0 Å². The highest BCUT2D eigenvalue weighted by Crippen LogP contribution is 2.38. The molecule has 0 saturated heterocycles. The molecular weight excluding hydrogens is 310 g/mol. The van der Waals surface area contributed by atoms with Crippen molar-refractivity contribution in [3.8, 4) is 0 Å². The van der Waals surface area contributed by atoms with Crippen molar-refractivity contribution in [2.75, 3.05) is 6.54 Å². The molecule has 1 heterocycles. The van der Waals surface area contributed by atoms with Crippen LogP contribution in [-0.4, -0.2) is 23.6 Å². The first-order valence-corrected chi connectivity index (χ1v) is 9.05. The van der Waals surface area contributed by atoms with Gasteiger partial charge < -0.3 is 10.6 Å². The maximum Gasteiger partial charge on any atom is 0.315 e. The van der Waals surface area contributed by atoms with E-state index < -0.39 is 0 Å². The smallest absolute Gasteiger partial charge is 0.315 e. The Morgan fingerprint density at radius 1 is 1.16 bits per heavy atom. The number of carbonyl (C=O) groups is 1. The normalized spacial score (nSPS) is 19.2. The number of benzene rings is 1. The topological polar surface area (TPSA) is 54.0 Å². The molecule has 0 aliphatic heterocycles. The summed E-state index contributed by atoms with van der Waals surface area (Å²) in [7, 11) is 0. The number of hydrogen-bond acceptors (Lipinski definition) is 2. The lowest BCUT2D eigenvalue weighted by Crippen LogP contribution is -2.48. The molecule has 3 rings (SSSR count). The molecule has 1 aromatic carbocycles. The molecule has 0 radical (unpaired) electrons. The first-order chi connectivity index (χ1) is 12.0. The minimum Gasteiger partial charge on any atom is -0.338 e. The standard InChI is InChI=1S/C21H27N3O/c1-14-10-16(3)20(23-13-14)8-9-22-21(25)24-18-11-17(12-18)19-7-5-4-6-15(19)2/h4-7,10,13,17-18H,8-9,11-12H2,1-3H3,(H2,22,24,25). The summed E-state index contributed by atoms with van der Waals surface area (Å²) in [6.45, 7) is 6.87. The summed E-state index contributed by atoms with van der Waals surface area (Å²) in [5.74, 6) is 0.575. The number of aromatic nitrogens is 1. The number of pyridine rings is 1. The molecule has 0 unspecified atom stereocenters. The van der Waals surface area contributed by atoms with Gasteiger partial charge in [-0.15, -0.1) is 0 Å². The summed E-state index contributed by atoms with van der Waals surface area (Å²) in [6, 6.07) is 10.9. The van der Waals surface area contributed by atoms with E-state index in [-0.39, 0.29) is 12.1 Å². The third-order valence-corrected chi connectivity index (χ3v) is 5.07. The van der Waals surface area contributed by atoms with E-state index in [9.17, 15) is 4.79 Å². The minimum atomic E-state index is -0.0713. The molecule has 1 fully saturated rings. The quantitative estimate of drug-likeness (QED) is 0.872. The fourth-order valence-electron chi connectivity index (χ4n) is 3.57. The van der Waals surface area contributed by atoms with Gasteiger partial charge in [-0.25, -0.2) is 4.79 Å². The van der Waals surface area contributed by atoms with Crippen LogP contribution in [0.15, 0.2) is 36.5 Å². The third-order valence-electron chi connectivity index (χ3n) is 5.07. The average Bonchev–Trinajstić information content (AvgIpc) is 2.53. The van der Waals surface area contributed by atoms with E-state index in [1.165, 1.54) is 22.3 Å². The fourth-order valence-corrected chi connectivity index (χ4v) is 3.57. The second-order valence-electron chi connectivity index (χ2n) is 7.15. The number of aryl methyl sites for hydroxylation is 3. The van der Waals surface area contributed by atoms with Gasteiger partial charge in [0.2, 0.25) is 0 Å². The molecule has 1 aromatic heterocycles. The highest BCUT2D eigenvalue weighted by Gasteiger charge is 2.31. The van der Waals surface area contributed by atoms with Crippen LogP contribution in [0.3, 0.4) is 0 Å². The molecule has 132 valence electrons. The van der Waals surface area contributed by atoms with Gasteiger partial charge in [0.25, 0.3) is 0 Å². The van der Waals surface area contributed by atoms with Gasteiger partial charge in [-0.05, 0) is 61.8 Å². The number of hydrogen-bond donors (Lipinski definition) is 2. The lowest BCUT2D eigenvalue weighted by molar-refractivity contribution is 0.222. The van der Waals surface area contributed by atoms with Gasteiger partial charge in [0, 0.05) is 30.9 Å². The number of amides is 2. The number of nitrogens with one attached hydrogen (secondary N) is 2. The van der Waals surface area contributed by atoms with Crippen LogP contribution in [0.5, 0.6) is 0 Å². The zero-order chi connectivity index (χ0) is 17.8. The van der Waals surface area contributed by atoms with Crippen molar-refractivity contribution in [2.45, 2.75) is 52.0 Å². The fraction of sp³-hybridized carbons (Fsp3) is 0.429. The van der Waals surface area contributed by atoms with Crippen LogP contribution in [-0.2, 0) is 6.42 Å². The second kappa shape index (κ2) is 7.68. The van der Waals surface area contributed by atoms with E-state index in [1.807, 2.05) is 13.1 Å². The molecule has 2 N–H and O–H groups in total. The number of rotatable bonds is 5. The lowest BCUT2D eigenvalue weighted by atomic mass is 9.74. The van der Waals surface area contributed by atoms with E-state index in [2.05, 4.69) is 59.8 Å². The Kier molecular flexibility index (Phi) is 5.37. The van der Waals surface area contributed by atoms with Gasteiger partial charge >= 0.3 is 6.03 Å². The molecule has 1 aliphatic carbocycles. The number of nitrogens with zero attached hydrogens (tertiary/aromatic N) is 1. The van der Waals surface area contributed by atoms with E-state index in [0.717, 1.165) is 25.0 Å². The van der Waals surface area contributed by atoms with Crippen molar-refractivity contribution in [1.82, 2.24) is 15.6 Å². The maximum atomic E-state index is 12.0. The molecule has 0 spiro atoms. The Bertz CT molecular complexity index is 751. The Balaban J connectivity index is 1.39. The van der Waals surface area contributed by atoms with Gasteiger partial charge in [0.1, 0.15) is 0 Å². The summed E-state index contributed by atoms with van der Waals surface area (Å²) in [4.78, 5) is 16.5. The van der Waals surface area contributed by atoms with Crippen molar-refractivity contribution >= 4 is 6.03 Å². The van der Waals surface area contributed by atoms with Crippen molar-refractivity contribution in [3.63, 3.8) is 0 Å². The highest BCUT2D eigenvalue weighted by atomic mass is 16.2. The Morgan fingerprint density at radius 3 is 2.64 bits per heavy atom. The predicted molar refractivity (Wildman–Crippen MR) is 101 cm³/mol. The Labute approximate surface area is 150 Å². The Hall–Kier alpha value is -2.36. The lowest BCUT2D eigenvalue weighted by Gasteiger charge is -2.36. The van der Waals surface area contributed by atoms with E-state index >= 15 is 0 Å². The molecule has 0 bridgehead atoms. The maximum absolute atomic E-state index is 12.0. The van der Waals surface area contributed by atoms with Gasteiger partial charge in [0.05, 0.1) is 0 Å². The highest BCUT2D eigenvalue weighted by molar-refractivity contribution is 5.74. The molecule has 1 saturated carbocycles. The number of urea groups is 1. The SMILES string of the molecule is Cc1cnc(CCNC(=O)NC2CC(c3ccccc3C)C2)c(C)c1. The molecule has 2 aromatic rings. The molecule has 4 nitrogen and oxygen atoms in total. The summed E-state index contributed by atoms with van der Waals surface area (Å²) < 4.78 is 0. The van der Waals surface area contributed by atoms with Crippen molar-refractivity contribution in [3.05, 3.63) is 64.5 Å². The summed E-state index contributed by atoms with van der Waals surface area (Å²) in [6.07, 6.45) is 4.69. The zero-order valence-corrected chi connectivity index (χ0v) is 15.3. The van der Waals surface area contributed by atoms with Crippen molar-refractivity contribution in [2.24, 2.45) is 0 Å². The van der Waals surface area contributed by atoms with Crippen LogP contribution in [0, 0.1) is 20.8 Å². The van der Waals surface area contributed by atoms with Gasteiger partial charge in [-0.2, -0.15) is 0 Å². The van der Waals surface area contributed by atoms with Gasteiger partial charge in [-0.1, -0.05) is 30.3 Å². The summed E-state index contributed by atoms with van der Waals surface area (Å²) >= 11 is 0. The average molecular weight is 337 g/mol. The van der Waals surface area contributed by atoms with Crippen molar-refractivity contribution < 1.29 is 4.79 Å². The predicted octanol–water partition coefficient (Wildman–Crippen LogP) is 3.79. The monoisotopic (exact) mass is 337 g/mol. The van der Waals surface area contributed by atoms with Crippen LogP contribution in [0.1, 0.15) is 46.7 Å². The Morgan fingerprint density at radius 2 is 1.92 bits per heavy atom. The van der Waals surface area contributed by atoms with E-state index in [0.29, 0.717) is 12.5 Å². The molecule has 0 atom stereocenters. The first kappa shape index (κ1) is 17.5. The van der Waals surface area contributed by atoms with Gasteiger partial charge in [-0.3, -0.25) is 4.98 Å². The van der Waals surface area contributed by atoms with Crippen molar-refractivity contribution in [1.29, 1.82) is 0 Å². The van der Waals surface area contributed by atoms with Crippen LogP contribution in [0.2, 0.25) is 0 Å². The zero-order valence-electron chi connectivity index (χ0n) is 15.3. The van der Waals surface area contributed by atoms with E-state index in [1.54, 1.807) is 0 Å². The largest absolute Gasteiger partial charge is 0.338 e.